The monoisotopic (exact) mass is 143 g/mol. The van der Waals surface area contributed by atoms with Crippen molar-refractivity contribution in [2.75, 3.05) is 13.1 Å². The first-order valence-corrected chi connectivity index (χ1v) is 4.18. The summed E-state index contributed by atoms with van der Waals surface area (Å²) >= 11 is 0. The molecule has 2 aliphatic rings. The van der Waals surface area contributed by atoms with Crippen LogP contribution in [-0.2, 0) is 0 Å². The van der Waals surface area contributed by atoms with E-state index in [1.165, 1.54) is 6.42 Å². The predicted molar refractivity (Wildman–Crippen MR) is 38.7 cm³/mol. The van der Waals surface area contributed by atoms with Crippen LogP contribution in [0.3, 0.4) is 0 Å². The quantitative estimate of drug-likeness (QED) is 0.541. The highest BCUT2D eigenvalue weighted by Crippen LogP contribution is 2.47. The number of nitrogens with one attached hydrogen (secondary N) is 1. The fraction of sp³-hybridized carbons (Fsp3) is 1.00. The molecule has 0 aromatic heterocycles. The Bertz CT molecular complexity index is 129. The van der Waals surface area contributed by atoms with Crippen LogP contribution in [0.5, 0.6) is 0 Å². The van der Waals surface area contributed by atoms with Crippen LogP contribution in [0.15, 0.2) is 0 Å². The van der Waals surface area contributed by atoms with Gasteiger partial charge in [-0.05, 0) is 32.2 Å². The maximum Gasteiger partial charge on any atom is 0.107 e. The molecule has 2 fully saturated rings. The highest BCUT2D eigenvalue weighted by Gasteiger charge is 2.47. The van der Waals surface area contributed by atoms with E-state index >= 15 is 0 Å². The molecule has 0 bridgehead atoms. The lowest BCUT2D eigenvalue weighted by Crippen LogP contribution is -2.52. The maximum atomic E-state index is 13.0. The summed E-state index contributed by atoms with van der Waals surface area (Å²) < 4.78 is 13.0. The summed E-state index contributed by atoms with van der Waals surface area (Å²) in [6.45, 7) is 2.02. The van der Waals surface area contributed by atoms with Gasteiger partial charge in [0, 0.05) is 12.0 Å². The standard InChI is InChI=1S/C8H14FN/c9-7-2-4-8(7)3-1-5-10-6-8/h7,10H,1-6H2. The smallest absolute Gasteiger partial charge is 0.107 e. The molecule has 0 aromatic rings. The van der Waals surface area contributed by atoms with E-state index in [0.29, 0.717) is 0 Å². The minimum absolute atomic E-state index is 0.0816. The van der Waals surface area contributed by atoms with Gasteiger partial charge in [-0.15, -0.1) is 0 Å². The zero-order valence-corrected chi connectivity index (χ0v) is 6.20. The van der Waals surface area contributed by atoms with Gasteiger partial charge in [0.2, 0.25) is 0 Å². The normalized spacial score (nSPS) is 47.1. The summed E-state index contributed by atoms with van der Waals surface area (Å²) in [4.78, 5) is 0. The second-order valence-corrected chi connectivity index (χ2v) is 3.65. The molecular formula is C8H14FN. The molecule has 58 valence electrons. The van der Waals surface area contributed by atoms with Crippen molar-refractivity contribution in [3.05, 3.63) is 0 Å². The van der Waals surface area contributed by atoms with Crippen molar-refractivity contribution < 1.29 is 4.39 Å². The molecule has 1 nitrogen and oxygen atoms in total. The summed E-state index contributed by atoms with van der Waals surface area (Å²) in [5.41, 5.74) is 0.0816. The second kappa shape index (κ2) is 2.19. The average Bonchev–Trinajstić information content (AvgIpc) is 2.04. The molecule has 1 aliphatic carbocycles. The minimum atomic E-state index is -0.500. The van der Waals surface area contributed by atoms with Crippen molar-refractivity contribution in [1.82, 2.24) is 5.32 Å². The van der Waals surface area contributed by atoms with Crippen molar-refractivity contribution in [2.45, 2.75) is 31.9 Å². The van der Waals surface area contributed by atoms with Gasteiger partial charge in [0.25, 0.3) is 0 Å². The minimum Gasteiger partial charge on any atom is -0.316 e. The number of hydrogen-bond acceptors (Lipinski definition) is 1. The molecular weight excluding hydrogens is 129 g/mol. The predicted octanol–water partition coefficient (Wildman–Crippen LogP) is 1.49. The Kier molecular flexibility index (Phi) is 1.44. The average molecular weight is 143 g/mol. The largest absolute Gasteiger partial charge is 0.316 e. The van der Waals surface area contributed by atoms with E-state index in [4.69, 9.17) is 0 Å². The highest BCUT2D eigenvalue weighted by atomic mass is 19.1. The van der Waals surface area contributed by atoms with Crippen LogP contribution < -0.4 is 5.32 Å². The van der Waals surface area contributed by atoms with Gasteiger partial charge in [0.15, 0.2) is 0 Å². The Hall–Kier alpha value is -0.110. The molecule has 10 heavy (non-hydrogen) atoms. The van der Waals surface area contributed by atoms with Gasteiger partial charge in [-0.2, -0.15) is 0 Å². The SMILES string of the molecule is FC1CCC12CCCNC2. The van der Waals surface area contributed by atoms with E-state index in [1.54, 1.807) is 0 Å². The van der Waals surface area contributed by atoms with Gasteiger partial charge in [-0.1, -0.05) is 0 Å². The molecule has 1 heterocycles. The van der Waals surface area contributed by atoms with E-state index in [9.17, 15) is 4.39 Å². The molecule has 2 atom stereocenters. The van der Waals surface area contributed by atoms with E-state index in [0.717, 1.165) is 32.4 Å². The number of rotatable bonds is 0. The fourth-order valence-corrected chi connectivity index (χ4v) is 2.13. The van der Waals surface area contributed by atoms with Crippen LogP contribution in [0, 0.1) is 5.41 Å². The van der Waals surface area contributed by atoms with Crippen LogP contribution >= 0.6 is 0 Å². The zero-order chi connectivity index (χ0) is 7.03. The lowest BCUT2D eigenvalue weighted by Gasteiger charge is -2.48. The Morgan fingerprint density at radius 2 is 2.30 bits per heavy atom. The van der Waals surface area contributed by atoms with Gasteiger partial charge < -0.3 is 5.32 Å². The summed E-state index contributed by atoms with van der Waals surface area (Å²) in [6.07, 6.45) is 3.70. The first-order valence-electron chi connectivity index (χ1n) is 4.18. The zero-order valence-electron chi connectivity index (χ0n) is 6.20. The second-order valence-electron chi connectivity index (χ2n) is 3.65. The van der Waals surface area contributed by atoms with Crippen molar-refractivity contribution >= 4 is 0 Å². The Morgan fingerprint density at radius 3 is 2.60 bits per heavy atom. The van der Waals surface area contributed by atoms with Gasteiger partial charge >= 0.3 is 0 Å². The molecule has 1 saturated heterocycles. The van der Waals surface area contributed by atoms with Crippen LogP contribution in [-0.4, -0.2) is 19.3 Å². The van der Waals surface area contributed by atoms with Gasteiger partial charge in [-0.25, -0.2) is 4.39 Å². The topological polar surface area (TPSA) is 12.0 Å². The molecule has 0 aromatic carbocycles. The first-order chi connectivity index (χ1) is 4.83. The number of piperidine rings is 1. The Labute approximate surface area is 61.0 Å². The number of hydrogen-bond donors (Lipinski definition) is 1. The van der Waals surface area contributed by atoms with Gasteiger partial charge in [0.05, 0.1) is 0 Å². The maximum absolute atomic E-state index is 13.0. The lowest BCUT2D eigenvalue weighted by atomic mass is 9.63. The number of halogens is 1. The van der Waals surface area contributed by atoms with Crippen molar-refractivity contribution in [3.8, 4) is 0 Å². The van der Waals surface area contributed by atoms with Gasteiger partial charge in [-0.3, -0.25) is 0 Å². The summed E-state index contributed by atoms with van der Waals surface area (Å²) in [5.74, 6) is 0. The summed E-state index contributed by atoms with van der Waals surface area (Å²) in [7, 11) is 0. The molecule has 1 spiro atoms. The van der Waals surface area contributed by atoms with Crippen molar-refractivity contribution in [3.63, 3.8) is 0 Å². The summed E-state index contributed by atoms with van der Waals surface area (Å²) in [6, 6.07) is 0. The van der Waals surface area contributed by atoms with E-state index in [2.05, 4.69) is 5.32 Å². The van der Waals surface area contributed by atoms with Crippen molar-refractivity contribution in [2.24, 2.45) is 5.41 Å². The number of alkyl halides is 1. The summed E-state index contributed by atoms with van der Waals surface area (Å²) in [5, 5.41) is 3.27. The fourth-order valence-electron chi connectivity index (χ4n) is 2.13. The van der Waals surface area contributed by atoms with Crippen molar-refractivity contribution in [1.29, 1.82) is 0 Å². The third-order valence-electron chi connectivity index (χ3n) is 3.07. The third kappa shape index (κ3) is 0.782. The van der Waals surface area contributed by atoms with Crippen LogP contribution in [0.4, 0.5) is 4.39 Å². The lowest BCUT2D eigenvalue weighted by molar-refractivity contribution is -0.0219. The van der Waals surface area contributed by atoms with Gasteiger partial charge in [0.1, 0.15) is 6.17 Å². The van der Waals surface area contributed by atoms with Crippen LogP contribution in [0.2, 0.25) is 0 Å². The van der Waals surface area contributed by atoms with Crippen LogP contribution in [0.25, 0.3) is 0 Å². The molecule has 0 radical (unpaired) electrons. The van der Waals surface area contributed by atoms with Crippen LogP contribution in [0.1, 0.15) is 25.7 Å². The van der Waals surface area contributed by atoms with E-state index < -0.39 is 6.17 Å². The molecule has 2 unspecified atom stereocenters. The highest BCUT2D eigenvalue weighted by molar-refractivity contribution is 4.99. The molecule has 1 saturated carbocycles. The Morgan fingerprint density at radius 1 is 1.40 bits per heavy atom. The van der Waals surface area contributed by atoms with E-state index in [1.807, 2.05) is 0 Å². The molecule has 2 rings (SSSR count). The molecule has 2 heteroatoms. The molecule has 1 N–H and O–H groups in total. The first kappa shape index (κ1) is 6.59. The Balaban J connectivity index is 1.99. The third-order valence-corrected chi connectivity index (χ3v) is 3.07. The molecule has 0 amide bonds. The molecule has 1 aliphatic heterocycles. The van der Waals surface area contributed by atoms with E-state index in [-0.39, 0.29) is 5.41 Å².